The second-order valence-corrected chi connectivity index (χ2v) is 10.8. The number of carbonyl (C=O) groups excluding carboxylic acids is 3. The first kappa shape index (κ1) is 26.7. The molecule has 3 amide bonds. The van der Waals surface area contributed by atoms with Crippen LogP contribution in [0.15, 0.2) is 36.4 Å². The van der Waals surface area contributed by atoms with Crippen LogP contribution in [0.4, 0.5) is 10.5 Å². The Morgan fingerprint density at radius 1 is 1.17 bits per heavy atom. The fourth-order valence-corrected chi connectivity index (χ4v) is 4.48. The molecule has 0 aromatic heterocycles. The van der Waals surface area contributed by atoms with Crippen LogP contribution < -0.4 is 15.5 Å². The maximum atomic E-state index is 13.5. The topological polar surface area (TPSA) is 97.0 Å². The highest BCUT2D eigenvalue weighted by Crippen LogP contribution is 2.28. The normalized spacial score (nSPS) is 18.3. The highest BCUT2D eigenvalue weighted by Gasteiger charge is 2.43. The van der Waals surface area contributed by atoms with Crippen LogP contribution in [-0.4, -0.2) is 54.8 Å². The molecule has 0 bridgehead atoms. The first-order chi connectivity index (χ1) is 16.5. The van der Waals surface area contributed by atoms with Gasteiger partial charge in [0.1, 0.15) is 11.1 Å². The molecule has 2 N–H and O–H groups in total. The molecule has 0 radical (unpaired) electrons. The number of benzene rings is 1. The molecule has 1 fully saturated rings. The number of fused-ring (bicyclic) bond motifs is 1. The summed E-state index contributed by atoms with van der Waals surface area (Å²) in [4.78, 5) is 40.8. The molecule has 2 heterocycles. The van der Waals surface area contributed by atoms with E-state index in [1.54, 1.807) is 37.8 Å². The maximum absolute atomic E-state index is 13.5. The number of hydrogen-bond donors (Lipinski definition) is 2. The highest BCUT2D eigenvalue weighted by molar-refractivity contribution is 6.03. The van der Waals surface area contributed by atoms with Crippen LogP contribution in [0.1, 0.15) is 59.4 Å². The van der Waals surface area contributed by atoms with Crippen molar-refractivity contribution < 1.29 is 23.9 Å². The summed E-state index contributed by atoms with van der Waals surface area (Å²) in [5, 5.41) is 5.89. The quantitative estimate of drug-likeness (QED) is 0.574. The van der Waals surface area contributed by atoms with Crippen molar-refractivity contribution in [3.63, 3.8) is 0 Å². The Labute approximate surface area is 208 Å². The third-order valence-corrected chi connectivity index (χ3v) is 6.19. The Morgan fingerprint density at radius 3 is 2.51 bits per heavy atom. The minimum Gasteiger partial charge on any atom is -0.444 e. The van der Waals surface area contributed by atoms with Gasteiger partial charge in [0.25, 0.3) is 5.91 Å². The number of amides is 3. The van der Waals surface area contributed by atoms with E-state index in [9.17, 15) is 14.4 Å². The van der Waals surface area contributed by atoms with E-state index >= 15 is 0 Å². The summed E-state index contributed by atoms with van der Waals surface area (Å²) in [5.74, 6) is -0.108. The molecule has 0 saturated carbocycles. The van der Waals surface area contributed by atoms with E-state index in [2.05, 4.69) is 24.5 Å². The van der Waals surface area contributed by atoms with Gasteiger partial charge in [0, 0.05) is 50.4 Å². The zero-order valence-electron chi connectivity index (χ0n) is 21.6. The number of para-hydroxylation sites is 1. The van der Waals surface area contributed by atoms with Crippen LogP contribution >= 0.6 is 0 Å². The van der Waals surface area contributed by atoms with Gasteiger partial charge in [-0.05, 0) is 51.2 Å². The molecule has 2 aliphatic rings. The van der Waals surface area contributed by atoms with E-state index in [1.807, 2.05) is 24.3 Å². The summed E-state index contributed by atoms with van der Waals surface area (Å²) in [6.07, 6.45) is 4.87. The molecule has 1 atom stereocenters. The lowest BCUT2D eigenvalue weighted by Crippen LogP contribution is -2.63. The van der Waals surface area contributed by atoms with Gasteiger partial charge >= 0.3 is 6.09 Å². The first-order valence-corrected chi connectivity index (χ1v) is 12.5. The predicted octanol–water partition coefficient (Wildman–Crippen LogP) is 3.74. The molecule has 1 aromatic carbocycles. The van der Waals surface area contributed by atoms with Crippen LogP contribution in [0.3, 0.4) is 0 Å². The van der Waals surface area contributed by atoms with Crippen LogP contribution in [0.2, 0.25) is 0 Å². The van der Waals surface area contributed by atoms with Crippen molar-refractivity contribution in [1.82, 2.24) is 10.6 Å². The second-order valence-electron chi connectivity index (χ2n) is 10.8. The lowest BCUT2D eigenvalue weighted by molar-refractivity contribution is -0.132. The summed E-state index contributed by atoms with van der Waals surface area (Å²) in [7, 11) is 0. The zero-order valence-corrected chi connectivity index (χ0v) is 21.6. The van der Waals surface area contributed by atoms with Crippen molar-refractivity contribution in [3.8, 4) is 0 Å². The molecule has 2 aliphatic heterocycles. The van der Waals surface area contributed by atoms with E-state index < -0.39 is 17.2 Å². The Hall–Kier alpha value is -2.87. The highest BCUT2D eigenvalue weighted by atomic mass is 16.6. The SMILES string of the molecule is CC(C)CC(C=CC(=O)N1CCc2ccccc21)NC(=O)C1(NC(=O)OC(C)(C)C)CCOCC1. The van der Waals surface area contributed by atoms with Gasteiger partial charge in [0.05, 0.1) is 0 Å². The first-order valence-electron chi connectivity index (χ1n) is 12.5. The van der Waals surface area contributed by atoms with Crippen LogP contribution in [0.5, 0.6) is 0 Å². The Morgan fingerprint density at radius 2 is 1.86 bits per heavy atom. The van der Waals surface area contributed by atoms with E-state index in [0.29, 0.717) is 39.0 Å². The largest absolute Gasteiger partial charge is 0.444 e. The summed E-state index contributed by atoms with van der Waals surface area (Å²) in [6.45, 7) is 10.8. The lowest BCUT2D eigenvalue weighted by Gasteiger charge is -2.37. The summed E-state index contributed by atoms with van der Waals surface area (Å²) >= 11 is 0. The second kappa shape index (κ2) is 11.2. The van der Waals surface area contributed by atoms with Gasteiger partial charge in [-0.3, -0.25) is 9.59 Å². The van der Waals surface area contributed by atoms with Crippen molar-refractivity contribution in [2.75, 3.05) is 24.7 Å². The van der Waals surface area contributed by atoms with Crippen molar-refractivity contribution in [1.29, 1.82) is 0 Å². The number of nitrogens with zero attached hydrogens (tertiary/aromatic N) is 1. The van der Waals surface area contributed by atoms with Crippen LogP contribution in [-0.2, 0) is 25.5 Å². The number of carbonyl (C=O) groups is 3. The van der Waals surface area contributed by atoms with Crippen molar-refractivity contribution >= 4 is 23.6 Å². The molecular formula is C27H39N3O5. The van der Waals surface area contributed by atoms with Gasteiger partial charge < -0.3 is 25.0 Å². The fourth-order valence-electron chi connectivity index (χ4n) is 4.48. The standard InChI is InChI=1S/C27H39N3O5/c1-19(2)18-21(10-11-23(31)30-15-12-20-8-6-7-9-22(20)30)28-24(32)27(13-16-34-17-14-27)29-25(33)35-26(3,4)5/h6-11,19,21H,12-18H2,1-5H3,(H,28,32)(H,29,33). The molecule has 192 valence electrons. The number of ether oxygens (including phenoxy) is 2. The van der Waals surface area contributed by atoms with Gasteiger partial charge in [-0.1, -0.05) is 38.1 Å². The summed E-state index contributed by atoms with van der Waals surface area (Å²) in [6, 6.07) is 7.55. The zero-order chi connectivity index (χ0) is 25.6. The molecule has 1 aromatic rings. The van der Waals surface area contributed by atoms with Crippen LogP contribution in [0.25, 0.3) is 0 Å². The van der Waals surface area contributed by atoms with Crippen LogP contribution in [0, 0.1) is 5.92 Å². The van der Waals surface area contributed by atoms with Gasteiger partial charge in [-0.25, -0.2) is 4.79 Å². The van der Waals surface area contributed by atoms with Crippen molar-refractivity contribution in [2.45, 2.75) is 77.5 Å². The predicted molar refractivity (Wildman–Crippen MR) is 135 cm³/mol. The van der Waals surface area contributed by atoms with Gasteiger partial charge in [0.15, 0.2) is 0 Å². The Kier molecular flexibility index (Phi) is 8.59. The summed E-state index contributed by atoms with van der Waals surface area (Å²) in [5.41, 5.74) is 0.302. The van der Waals surface area contributed by atoms with E-state index in [-0.39, 0.29) is 23.8 Å². The third-order valence-electron chi connectivity index (χ3n) is 6.19. The monoisotopic (exact) mass is 485 g/mol. The maximum Gasteiger partial charge on any atom is 0.408 e. The lowest BCUT2D eigenvalue weighted by atomic mass is 9.88. The smallest absolute Gasteiger partial charge is 0.408 e. The van der Waals surface area contributed by atoms with Gasteiger partial charge in [0.2, 0.25) is 5.91 Å². The summed E-state index contributed by atoms with van der Waals surface area (Å²) < 4.78 is 10.9. The minimum atomic E-state index is -1.12. The average Bonchev–Trinajstić information content (AvgIpc) is 3.20. The molecule has 1 unspecified atom stereocenters. The Bertz CT molecular complexity index is 944. The molecule has 8 nitrogen and oxygen atoms in total. The molecule has 8 heteroatoms. The third kappa shape index (κ3) is 7.31. The molecular weight excluding hydrogens is 446 g/mol. The number of anilines is 1. The molecule has 0 spiro atoms. The average molecular weight is 486 g/mol. The van der Waals surface area contributed by atoms with E-state index in [1.165, 1.54) is 0 Å². The van der Waals surface area contributed by atoms with Crippen molar-refractivity contribution in [2.24, 2.45) is 5.92 Å². The fraction of sp³-hybridized carbons (Fsp3) is 0.593. The van der Waals surface area contributed by atoms with Crippen molar-refractivity contribution in [3.05, 3.63) is 42.0 Å². The Balaban J connectivity index is 1.72. The number of hydrogen-bond acceptors (Lipinski definition) is 5. The molecule has 3 rings (SSSR count). The number of nitrogens with one attached hydrogen (secondary N) is 2. The molecule has 1 saturated heterocycles. The van der Waals surface area contributed by atoms with E-state index in [0.717, 1.165) is 17.7 Å². The molecule has 35 heavy (non-hydrogen) atoms. The van der Waals surface area contributed by atoms with E-state index in [4.69, 9.17) is 9.47 Å². The minimum absolute atomic E-state index is 0.106. The van der Waals surface area contributed by atoms with Gasteiger partial charge in [-0.15, -0.1) is 0 Å². The van der Waals surface area contributed by atoms with Gasteiger partial charge in [-0.2, -0.15) is 0 Å². The number of alkyl carbamates (subject to hydrolysis) is 1. The molecule has 0 aliphatic carbocycles. The number of rotatable bonds is 7.